The molecule has 1 aromatic rings. The monoisotopic (exact) mass is 439 g/mol. The summed E-state index contributed by atoms with van der Waals surface area (Å²) in [4.78, 5) is 15.3. The second kappa shape index (κ2) is 13.7. The van der Waals surface area contributed by atoms with Gasteiger partial charge in [-0.2, -0.15) is 0 Å². The standard InChI is InChI=1S/C22H37N3O6/c1-14(26)17(13-25-22(23)24-3)7-8-18(28)12-19(31-15(2)27)9-5-16-6-10-20(29)21(11-16)30-4/h6,10-11,14,17-19,26,28-29H,5,7-9,12-13H2,1-4H3,(H3,23,24,25). The van der Waals surface area contributed by atoms with Gasteiger partial charge in [-0.1, -0.05) is 6.07 Å². The average molecular weight is 440 g/mol. The molecule has 0 aliphatic carbocycles. The van der Waals surface area contributed by atoms with Crippen LogP contribution in [0.5, 0.6) is 11.5 Å². The predicted octanol–water partition coefficient (Wildman–Crippen LogP) is 1.33. The highest BCUT2D eigenvalue weighted by atomic mass is 16.5. The lowest BCUT2D eigenvalue weighted by molar-refractivity contribution is -0.148. The lowest BCUT2D eigenvalue weighted by atomic mass is 9.93. The zero-order valence-electron chi connectivity index (χ0n) is 18.9. The van der Waals surface area contributed by atoms with E-state index >= 15 is 0 Å². The van der Waals surface area contributed by atoms with Crippen LogP contribution in [0.15, 0.2) is 23.2 Å². The van der Waals surface area contributed by atoms with Crippen LogP contribution in [0.1, 0.15) is 45.1 Å². The molecule has 6 N–H and O–H groups in total. The van der Waals surface area contributed by atoms with E-state index in [9.17, 15) is 20.1 Å². The molecule has 0 spiro atoms. The highest BCUT2D eigenvalue weighted by molar-refractivity contribution is 5.77. The van der Waals surface area contributed by atoms with Crippen molar-refractivity contribution < 1.29 is 29.6 Å². The van der Waals surface area contributed by atoms with Crippen LogP contribution in [-0.4, -0.2) is 66.3 Å². The molecule has 0 aliphatic rings. The number of phenols is 1. The van der Waals surface area contributed by atoms with Gasteiger partial charge in [0.2, 0.25) is 0 Å². The summed E-state index contributed by atoms with van der Waals surface area (Å²) in [7, 11) is 3.06. The number of carbonyl (C=O) groups excluding carboxylic acids is 1. The van der Waals surface area contributed by atoms with Gasteiger partial charge < -0.3 is 35.8 Å². The number of benzene rings is 1. The van der Waals surface area contributed by atoms with E-state index in [0.717, 1.165) is 5.56 Å². The Bertz CT molecular complexity index is 710. The second-order valence-electron chi connectivity index (χ2n) is 7.73. The van der Waals surface area contributed by atoms with Gasteiger partial charge in [0.15, 0.2) is 17.5 Å². The number of aromatic hydroxyl groups is 1. The fourth-order valence-electron chi connectivity index (χ4n) is 3.32. The van der Waals surface area contributed by atoms with Crippen molar-refractivity contribution in [3.8, 4) is 11.5 Å². The molecule has 0 aromatic heterocycles. The summed E-state index contributed by atoms with van der Waals surface area (Å²) < 4.78 is 10.5. The van der Waals surface area contributed by atoms with Gasteiger partial charge in [0.1, 0.15) is 6.10 Å². The van der Waals surface area contributed by atoms with E-state index in [2.05, 4.69) is 10.3 Å². The molecule has 1 rings (SSSR count). The highest BCUT2D eigenvalue weighted by Gasteiger charge is 2.21. The number of methoxy groups -OCH3 is 1. The van der Waals surface area contributed by atoms with Gasteiger partial charge in [-0.05, 0) is 50.3 Å². The number of aryl methyl sites for hydroxylation is 1. The number of hydrogen-bond donors (Lipinski definition) is 5. The fraction of sp³-hybridized carbons (Fsp3) is 0.636. The predicted molar refractivity (Wildman–Crippen MR) is 119 cm³/mol. The minimum absolute atomic E-state index is 0.0623. The van der Waals surface area contributed by atoms with Crippen molar-refractivity contribution >= 4 is 11.9 Å². The number of aliphatic hydroxyl groups is 2. The zero-order chi connectivity index (χ0) is 23.4. The first kappa shape index (κ1) is 26.5. The molecule has 0 radical (unpaired) electrons. The van der Waals surface area contributed by atoms with E-state index in [4.69, 9.17) is 15.2 Å². The number of nitrogens with two attached hydrogens (primary N) is 1. The van der Waals surface area contributed by atoms with Crippen LogP contribution in [0, 0.1) is 5.92 Å². The molecule has 0 bridgehead atoms. The number of nitrogens with zero attached hydrogens (tertiary/aromatic N) is 1. The lowest BCUT2D eigenvalue weighted by Gasteiger charge is -2.24. The molecule has 31 heavy (non-hydrogen) atoms. The number of aliphatic hydroxyl groups excluding tert-OH is 2. The van der Waals surface area contributed by atoms with E-state index in [1.807, 2.05) is 0 Å². The summed E-state index contributed by atoms with van der Waals surface area (Å²) in [5.74, 6) is 0.236. The van der Waals surface area contributed by atoms with E-state index < -0.39 is 24.3 Å². The lowest BCUT2D eigenvalue weighted by Crippen LogP contribution is -2.38. The molecule has 0 heterocycles. The Labute approximate surface area is 184 Å². The SMILES string of the molecule is CN=C(N)NCC(CCC(O)CC(CCc1ccc(O)c(OC)c1)OC(C)=O)C(C)O. The molecular formula is C22H37N3O6. The van der Waals surface area contributed by atoms with Crippen LogP contribution in [0.4, 0.5) is 0 Å². The summed E-state index contributed by atoms with van der Waals surface area (Å²) in [5.41, 5.74) is 6.56. The van der Waals surface area contributed by atoms with Crippen LogP contribution in [0.25, 0.3) is 0 Å². The van der Waals surface area contributed by atoms with E-state index in [1.54, 1.807) is 32.2 Å². The van der Waals surface area contributed by atoms with Gasteiger partial charge in [0, 0.05) is 32.9 Å². The van der Waals surface area contributed by atoms with Gasteiger partial charge in [0.25, 0.3) is 0 Å². The maximum atomic E-state index is 11.5. The third-order valence-corrected chi connectivity index (χ3v) is 5.21. The summed E-state index contributed by atoms with van der Waals surface area (Å²) in [6, 6.07) is 5.08. The molecular weight excluding hydrogens is 402 g/mol. The summed E-state index contributed by atoms with van der Waals surface area (Å²) in [6.45, 7) is 3.49. The third-order valence-electron chi connectivity index (χ3n) is 5.21. The maximum Gasteiger partial charge on any atom is 0.302 e. The Hall–Kier alpha value is -2.52. The Kier molecular flexibility index (Phi) is 11.7. The van der Waals surface area contributed by atoms with Gasteiger partial charge in [-0.15, -0.1) is 0 Å². The molecule has 176 valence electrons. The maximum absolute atomic E-state index is 11.5. The molecule has 0 saturated carbocycles. The minimum atomic E-state index is -0.683. The Morgan fingerprint density at radius 3 is 2.55 bits per heavy atom. The molecule has 9 nitrogen and oxygen atoms in total. The molecule has 0 aliphatic heterocycles. The minimum Gasteiger partial charge on any atom is -0.504 e. The summed E-state index contributed by atoms with van der Waals surface area (Å²) in [6.07, 6.45) is 0.740. The molecule has 4 atom stereocenters. The average Bonchev–Trinajstić information content (AvgIpc) is 2.71. The Balaban J connectivity index is 2.62. The smallest absolute Gasteiger partial charge is 0.302 e. The van der Waals surface area contributed by atoms with Crippen LogP contribution in [0.3, 0.4) is 0 Å². The van der Waals surface area contributed by atoms with Crippen molar-refractivity contribution in [1.29, 1.82) is 0 Å². The number of guanidine groups is 1. The van der Waals surface area contributed by atoms with E-state index in [1.165, 1.54) is 14.0 Å². The van der Waals surface area contributed by atoms with Crippen LogP contribution in [0.2, 0.25) is 0 Å². The normalized spacial score (nSPS) is 15.6. The number of hydrogen-bond acceptors (Lipinski definition) is 7. The number of esters is 1. The summed E-state index contributed by atoms with van der Waals surface area (Å²) in [5, 5.41) is 33.1. The van der Waals surface area contributed by atoms with Crippen molar-refractivity contribution in [3.63, 3.8) is 0 Å². The van der Waals surface area contributed by atoms with Gasteiger partial charge in [-0.3, -0.25) is 9.79 Å². The second-order valence-corrected chi connectivity index (χ2v) is 7.73. The first-order chi connectivity index (χ1) is 14.7. The Morgan fingerprint density at radius 1 is 1.26 bits per heavy atom. The molecule has 4 unspecified atom stereocenters. The van der Waals surface area contributed by atoms with Gasteiger partial charge in [0.05, 0.1) is 19.3 Å². The van der Waals surface area contributed by atoms with Gasteiger partial charge in [-0.25, -0.2) is 0 Å². The van der Waals surface area contributed by atoms with Gasteiger partial charge >= 0.3 is 5.97 Å². The number of rotatable bonds is 13. The van der Waals surface area contributed by atoms with Crippen molar-refractivity contribution in [3.05, 3.63) is 23.8 Å². The molecule has 0 fully saturated rings. The van der Waals surface area contributed by atoms with Crippen LogP contribution >= 0.6 is 0 Å². The number of ether oxygens (including phenoxy) is 2. The first-order valence-corrected chi connectivity index (χ1v) is 10.5. The van der Waals surface area contributed by atoms with Crippen molar-refractivity contribution in [2.75, 3.05) is 20.7 Å². The van der Waals surface area contributed by atoms with Crippen molar-refractivity contribution in [2.24, 2.45) is 16.6 Å². The fourth-order valence-corrected chi connectivity index (χ4v) is 3.32. The molecule has 9 heteroatoms. The quantitative estimate of drug-likeness (QED) is 0.176. The van der Waals surface area contributed by atoms with E-state index in [0.29, 0.717) is 50.4 Å². The van der Waals surface area contributed by atoms with Crippen molar-refractivity contribution in [1.82, 2.24) is 5.32 Å². The molecule has 0 amide bonds. The van der Waals surface area contributed by atoms with Crippen LogP contribution < -0.4 is 15.8 Å². The van der Waals surface area contributed by atoms with E-state index in [-0.39, 0.29) is 11.7 Å². The van der Waals surface area contributed by atoms with Crippen LogP contribution in [-0.2, 0) is 16.0 Å². The molecule has 0 saturated heterocycles. The zero-order valence-corrected chi connectivity index (χ0v) is 18.9. The molecule has 1 aromatic carbocycles. The number of nitrogens with one attached hydrogen (secondary N) is 1. The first-order valence-electron chi connectivity index (χ1n) is 10.5. The summed E-state index contributed by atoms with van der Waals surface area (Å²) >= 11 is 0. The largest absolute Gasteiger partial charge is 0.504 e. The Morgan fingerprint density at radius 2 is 1.97 bits per heavy atom. The number of phenolic OH excluding ortho intramolecular Hbond substituents is 1. The number of carbonyl (C=O) groups is 1. The highest BCUT2D eigenvalue weighted by Crippen LogP contribution is 2.27. The third kappa shape index (κ3) is 10.4. The van der Waals surface area contributed by atoms with Crippen molar-refractivity contribution in [2.45, 2.75) is 64.3 Å². The number of aliphatic imine (C=N–C) groups is 1. The topological polar surface area (TPSA) is 147 Å².